The van der Waals surface area contributed by atoms with Crippen LogP contribution in [0.25, 0.3) is 0 Å². The van der Waals surface area contributed by atoms with Crippen LogP contribution < -0.4 is 10.1 Å². The van der Waals surface area contributed by atoms with Gasteiger partial charge in [0.2, 0.25) is 5.91 Å². The molecule has 5 nitrogen and oxygen atoms in total. The van der Waals surface area contributed by atoms with Crippen LogP contribution in [0.2, 0.25) is 0 Å². The number of hydrogen-bond donors (Lipinski definition) is 1. The second kappa shape index (κ2) is 6.39. The maximum absolute atomic E-state index is 12.0. The topological polar surface area (TPSA) is 53.9 Å². The molecule has 1 aromatic rings. The van der Waals surface area contributed by atoms with E-state index in [9.17, 15) is 4.79 Å². The fraction of sp³-hybridized carbons (Fsp3) is 0.467. The number of hydrogen-bond acceptors (Lipinski definition) is 5. The molecule has 1 saturated heterocycles. The molecule has 2 aliphatic heterocycles. The highest BCUT2D eigenvalue weighted by molar-refractivity contribution is 8.14. The van der Waals surface area contributed by atoms with Crippen molar-refractivity contribution < 1.29 is 9.53 Å². The van der Waals surface area contributed by atoms with E-state index >= 15 is 0 Å². The lowest BCUT2D eigenvalue weighted by atomic mass is 10.1. The van der Waals surface area contributed by atoms with Crippen molar-refractivity contribution in [2.45, 2.75) is 12.5 Å². The fourth-order valence-electron chi connectivity index (χ4n) is 2.45. The van der Waals surface area contributed by atoms with Gasteiger partial charge in [-0.3, -0.25) is 9.79 Å². The Kier molecular flexibility index (Phi) is 4.34. The molecule has 0 atom stereocenters. The number of nitrogens with zero attached hydrogens (tertiary/aromatic N) is 2. The van der Waals surface area contributed by atoms with Crippen LogP contribution in [0.15, 0.2) is 29.3 Å². The number of amides is 1. The number of methoxy groups -OCH3 is 1. The van der Waals surface area contributed by atoms with Crippen molar-refractivity contribution in [3.8, 4) is 5.75 Å². The molecule has 2 heterocycles. The summed E-state index contributed by atoms with van der Waals surface area (Å²) < 4.78 is 5.11. The minimum Gasteiger partial charge on any atom is -0.497 e. The molecular weight excluding hydrogens is 286 g/mol. The summed E-state index contributed by atoms with van der Waals surface area (Å²) in [6.45, 7) is 2.67. The monoisotopic (exact) mass is 305 g/mol. The number of carbonyl (C=O) groups excluding carboxylic acids is 1. The standard InChI is InChI=1S/C15H19N3O2S/c1-20-13-4-2-11(3-5-13)8-14(19)17-12-9-18(10-12)15-16-6-7-21-15/h2-5,12H,6-10H2,1H3,(H,17,19). The van der Waals surface area contributed by atoms with Crippen LogP contribution in [-0.2, 0) is 11.2 Å². The molecule has 0 aliphatic carbocycles. The number of aliphatic imine (C=N–C) groups is 1. The van der Waals surface area contributed by atoms with Crippen molar-refractivity contribution in [3.05, 3.63) is 29.8 Å². The molecule has 1 fully saturated rings. The number of amidine groups is 1. The number of likely N-dealkylation sites (tertiary alicyclic amines) is 1. The normalized spacial score (nSPS) is 18.1. The molecule has 21 heavy (non-hydrogen) atoms. The molecule has 0 spiro atoms. The quantitative estimate of drug-likeness (QED) is 0.906. The lowest BCUT2D eigenvalue weighted by Gasteiger charge is -2.40. The molecule has 0 unspecified atom stereocenters. The van der Waals surface area contributed by atoms with Crippen molar-refractivity contribution in [2.75, 3.05) is 32.5 Å². The SMILES string of the molecule is COc1ccc(CC(=O)NC2CN(C3=NCCS3)C2)cc1. The van der Waals surface area contributed by atoms with Gasteiger partial charge in [0.05, 0.1) is 26.1 Å². The van der Waals surface area contributed by atoms with Crippen molar-refractivity contribution in [2.24, 2.45) is 4.99 Å². The molecule has 0 radical (unpaired) electrons. The van der Waals surface area contributed by atoms with Crippen molar-refractivity contribution in [1.29, 1.82) is 0 Å². The molecule has 0 saturated carbocycles. The highest BCUT2D eigenvalue weighted by Crippen LogP contribution is 2.20. The summed E-state index contributed by atoms with van der Waals surface area (Å²) >= 11 is 1.80. The Labute approximate surface area is 128 Å². The zero-order chi connectivity index (χ0) is 14.7. The highest BCUT2D eigenvalue weighted by atomic mass is 32.2. The van der Waals surface area contributed by atoms with E-state index in [0.717, 1.165) is 41.9 Å². The average molecular weight is 305 g/mol. The highest BCUT2D eigenvalue weighted by Gasteiger charge is 2.31. The van der Waals surface area contributed by atoms with E-state index in [1.165, 1.54) is 0 Å². The maximum atomic E-state index is 12.0. The van der Waals surface area contributed by atoms with Gasteiger partial charge >= 0.3 is 0 Å². The van der Waals surface area contributed by atoms with Crippen LogP contribution in [0, 0.1) is 0 Å². The van der Waals surface area contributed by atoms with Crippen LogP contribution in [0.3, 0.4) is 0 Å². The van der Waals surface area contributed by atoms with E-state index in [1.807, 2.05) is 24.3 Å². The van der Waals surface area contributed by atoms with Gasteiger partial charge in [-0.1, -0.05) is 23.9 Å². The fourth-order valence-corrected chi connectivity index (χ4v) is 3.33. The van der Waals surface area contributed by atoms with Crippen molar-refractivity contribution in [1.82, 2.24) is 10.2 Å². The first-order valence-corrected chi connectivity index (χ1v) is 8.07. The van der Waals surface area contributed by atoms with E-state index in [1.54, 1.807) is 18.9 Å². The third-order valence-electron chi connectivity index (χ3n) is 3.61. The van der Waals surface area contributed by atoms with Crippen molar-refractivity contribution in [3.63, 3.8) is 0 Å². The van der Waals surface area contributed by atoms with Gasteiger partial charge in [0.15, 0.2) is 5.17 Å². The third kappa shape index (κ3) is 3.50. The summed E-state index contributed by atoms with van der Waals surface area (Å²) in [6.07, 6.45) is 0.413. The molecule has 112 valence electrons. The molecule has 3 rings (SSSR count). The summed E-state index contributed by atoms with van der Waals surface area (Å²) in [4.78, 5) is 18.7. The Morgan fingerprint density at radius 2 is 2.19 bits per heavy atom. The predicted octanol–water partition coefficient (Wildman–Crippen LogP) is 1.14. The minimum absolute atomic E-state index is 0.0748. The van der Waals surface area contributed by atoms with Crippen LogP contribution >= 0.6 is 11.8 Å². The minimum atomic E-state index is 0.0748. The summed E-state index contributed by atoms with van der Waals surface area (Å²) in [5.41, 5.74) is 1.00. The summed E-state index contributed by atoms with van der Waals surface area (Å²) in [7, 11) is 1.64. The number of carbonyl (C=O) groups is 1. The van der Waals surface area contributed by atoms with Crippen LogP contribution in [0.4, 0.5) is 0 Å². The van der Waals surface area contributed by atoms with E-state index in [0.29, 0.717) is 6.42 Å². The van der Waals surface area contributed by atoms with Gasteiger partial charge in [0.1, 0.15) is 5.75 Å². The summed E-state index contributed by atoms with van der Waals surface area (Å²) in [6, 6.07) is 7.86. The van der Waals surface area contributed by atoms with E-state index in [-0.39, 0.29) is 11.9 Å². The number of thioether (sulfide) groups is 1. The number of rotatable bonds is 4. The van der Waals surface area contributed by atoms with E-state index in [4.69, 9.17) is 4.74 Å². The molecule has 1 amide bonds. The Morgan fingerprint density at radius 1 is 1.43 bits per heavy atom. The molecule has 6 heteroatoms. The largest absolute Gasteiger partial charge is 0.497 e. The molecule has 1 aromatic carbocycles. The van der Waals surface area contributed by atoms with Gasteiger partial charge in [-0.05, 0) is 17.7 Å². The second-order valence-electron chi connectivity index (χ2n) is 5.21. The van der Waals surface area contributed by atoms with E-state index < -0.39 is 0 Å². The predicted molar refractivity (Wildman–Crippen MR) is 85.0 cm³/mol. The second-order valence-corrected chi connectivity index (χ2v) is 6.27. The number of ether oxygens (including phenoxy) is 1. The van der Waals surface area contributed by atoms with Gasteiger partial charge in [-0.15, -0.1) is 0 Å². The third-order valence-corrected chi connectivity index (χ3v) is 4.64. The maximum Gasteiger partial charge on any atom is 0.224 e. The van der Waals surface area contributed by atoms with Crippen LogP contribution in [-0.4, -0.2) is 54.5 Å². The molecule has 1 N–H and O–H groups in total. The van der Waals surface area contributed by atoms with Gasteiger partial charge < -0.3 is 15.0 Å². The number of benzene rings is 1. The Balaban J connectivity index is 1.42. The Hall–Kier alpha value is -1.69. The van der Waals surface area contributed by atoms with Gasteiger partial charge in [0.25, 0.3) is 0 Å². The first-order chi connectivity index (χ1) is 10.2. The zero-order valence-electron chi connectivity index (χ0n) is 12.0. The Morgan fingerprint density at radius 3 is 2.81 bits per heavy atom. The average Bonchev–Trinajstić information content (AvgIpc) is 2.97. The first-order valence-electron chi connectivity index (χ1n) is 7.09. The zero-order valence-corrected chi connectivity index (χ0v) is 12.9. The van der Waals surface area contributed by atoms with Crippen molar-refractivity contribution >= 4 is 22.8 Å². The molecule has 0 bridgehead atoms. The smallest absolute Gasteiger partial charge is 0.224 e. The summed E-state index contributed by atoms with van der Waals surface area (Å²) in [5, 5.41) is 4.21. The Bertz CT molecular complexity index is 538. The molecule has 2 aliphatic rings. The first kappa shape index (κ1) is 14.3. The van der Waals surface area contributed by atoms with E-state index in [2.05, 4.69) is 15.2 Å². The molecular formula is C15H19N3O2S. The summed E-state index contributed by atoms with van der Waals surface area (Å²) in [5.74, 6) is 1.97. The van der Waals surface area contributed by atoms with Gasteiger partial charge in [-0.25, -0.2) is 0 Å². The molecule has 0 aromatic heterocycles. The van der Waals surface area contributed by atoms with Gasteiger partial charge in [0, 0.05) is 18.8 Å². The van der Waals surface area contributed by atoms with Crippen LogP contribution in [0.5, 0.6) is 5.75 Å². The van der Waals surface area contributed by atoms with Crippen LogP contribution in [0.1, 0.15) is 5.56 Å². The lowest BCUT2D eigenvalue weighted by Crippen LogP contribution is -2.60. The lowest BCUT2D eigenvalue weighted by molar-refractivity contribution is -0.121. The number of nitrogens with one attached hydrogen (secondary N) is 1. The van der Waals surface area contributed by atoms with Gasteiger partial charge in [-0.2, -0.15) is 0 Å².